The van der Waals surface area contributed by atoms with Crippen molar-refractivity contribution < 1.29 is 9.59 Å². The molecule has 168 valence electrons. The van der Waals surface area contributed by atoms with Gasteiger partial charge >= 0.3 is 0 Å². The molecule has 2 rings (SSSR count). The van der Waals surface area contributed by atoms with Gasteiger partial charge in [0.25, 0.3) is 0 Å². The highest BCUT2D eigenvalue weighted by molar-refractivity contribution is 7.99. The lowest BCUT2D eigenvalue weighted by molar-refractivity contribution is -0.139. The normalized spacial score (nSPS) is 12.8. The minimum Gasteiger partial charge on any atom is -0.352 e. The van der Waals surface area contributed by atoms with Crippen LogP contribution in [0.1, 0.15) is 44.7 Å². The van der Waals surface area contributed by atoms with Gasteiger partial charge in [0.15, 0.2) is 0 Å². The first kappa shape index (κ1) is 25.6. The zero-order valence-corrected chi connectivity index (χ0v) is 20.6. The van der Waals surface area contributed by atoms with E-state index in [1.54, 1.807) is 17.0 Å². The van der Waals surface area contributed by atoms with Crippen molar-refractivity contribution in [2.75, 3.05) is 5.75 Å². The second-order valence-corrected chi connectivity index (χ2v) is 9.37. The van der Waals surface area contributed by atoms with Gasteiger partial charge in [0, 0.05) is 28.4 Å². The molecule has 0 aliphatic heterocycles. The summed E-state index contributed by atoms with van der Waals surface area (Å²) in [7, 11) is 0. The van der Waals surface area contributed by atoms with E-state index in [0.717, 1.165) is 17.5 Å². The van der Waals surface area contributed by atoms with Crippen LogP contribution < -0.4 is 5.32 Å². The molecule has 0 saturated carbocycles. The molecule has 0 radical (unpaired) electrons. The first-order valence-electron chi connectivity index (χ1n) is 10.5. The molecule has 1 N–H and O–H groups in total. The second kappa shape index (κ2) is 13.0. The first-order chi connectivity index (χ1) is 14.8. The maximum Gasteiger partial charge on any atom is 0.243 e. The zero-order chi connectivity index (χ0) is 22.8. The van der Waals surface area contributed by atoms with Gasteiger partial charge in [0.1, 0.15) is 6.04 Å². The number of benzene rings is 2. The van der Waals surface area contributed by atoms with Crippen molar-refractivity contribution in [3.8, 4) is 0 Å². The quantitative estimate of drug-likeness (QED) is 0.432. The molecule has 0 aliphatic carbocycles. The Morgan fingerprint density at radius 3 is 2.32 bits per heavy atom. The molecule has 0 fully saturated rings. The second-order valence-electron chi connectivity index (χ2n) is 7.51. The Bertz CT molecular complexity index is 861. The maximum absolute atomic E-state index is 13.2. The number of carbonyl (C=O) groups excluding carboxylic acids is 2. The summed E-state index contributed by atoms with van der Waals surface area (Å²) in [4.78, 5) is 27.8. The highest BCUT2D eigenvalue weighted by Gasteiger charge is 2.29. The highest BCUT2D eigenvalue weighted by atomic mass is 35.5. The van der Waals surface area contributed by atoms with Gasteiger partial charge in [-0.05, 0) is 55.2 Å². The van der Waals surface area contributed by atoms with E-state index in [1.165, 1.54) is 11.8 Å². The molecule has 2 atom stereocenters. The van der Waals surface area contributed by atoms with Crippen LogP contribution in [0, 0.1) is 0 Å². The third-order valence-corrected chi connectivity index (χ3v) is 6.51. The number of carbonyl (C=O) groups is 2. The van der Waals surface area contributed by atoms with E-state index in [0.29, 0.717) is 28.8 Å². The van der Waals surface area contributed by atoms with E-state index in [4.69, 9.17) is 23.2 Å². The van der Waals surface area contributed by atoms with Gasteiger partial charge in [-0.3, -0.25) is 9.59 Å². The fourth-order valence-electron chi connectivity index (χ4n) is 3.11. The van der Waals surface area contributed by atoms with Crippen LogP contribution in [0.15, 0.2) is 48.5 Å². The molecule has 31 heavy (non-hydrogen) atoms. The molecule has 4 nitrogen and oxygen atoms in total. The average molecular weight is 481 g/mol. The highest BCUT2D eigenvalue weighted by Crippen LogP contribution is 2.20. The SMILES string of the molecule is CC[C@H](C(=O)N[C@@H](C)CC)N(Cc1ccc(Cl)cc1)C(=O)CSCc1cccc(Cl)c1. The average Bonchev–Trinajstić information content (AvgIpc) is 2.74. The van der Waals surface area contributed by atoms with Crippen LogP contribution in [0.3, 0.4) is 0 Å². The van der Waals surface area contributed by atoms with Crippen molar-refractivity contribution >= 4 is 46.8 Å². The Balaban J connectivity index is 2.13. The number of hydrogen-bond donors (Lipinski definition) is 1. The zero-order valence-electron chi connectivity index (χ0n) is 18.2. The largest absolute Gasteiger partial charge is 0.352 e. The van der Waals surface area contributed by atoms with Crippen molar-refractivity contribution in [2.24, 2.45) is 0 Å². The molecule has 0 bridgehead atoms. The number of nitrogens with zero attached hydrogens (tertiary/aromatic N) is 1. The van der Waals surface area contributed by atoms with E-state index in [-0.39, 0.29) is 23.6 Å². The molecule has 0 aliphatic rings. The van der Waals surface area contributed by atoms with Crippen molar-refractivity contribution in [3.63, 3.8) is 0 Å². The van der Waals surface area contributed by atoms with E-state index < -0.39 is 6.04 Å². The Hall–Kier alpha value is -1.69. The molecule has 0 aromatic heterocycles. The standard InChI is InChI=1S/C24H30Cl2N2O2S/c1-4-17(3)27-24(30)22(5-2)28(14-18-9-11-20(25)12-10-18)23(29)16-31-15-19-7-6-8-21(26)13-19/h6-13,17,22H,4-5,14-16H2,1-3H3,(H,27,30)/t17-,22+/m0/s1. The summed E-state index contributed by atoms with van der Waals surface area (Å²) in [5.41, 5.74) is 2.00. The third kappa shape index (κ3) is 8.40. The summed E-state index contributed by atoms with van der Waals surface area (Å²) in [6, 6.07) is 14.5. The van der Waals surface area contributed by atoms with Crippen LogP contribution in [-0.2, 0) is 21.9 Å². The fraction of sp³-hybridized carbons (Fsp3) is 0.417. The molecule has 0 spiro atoms. The summed E-state index contributed by atoms with van der Waals surface area (Å²) >= 11 is 13.6. The number of halogens is 2. The summed E-state index contributed by atoms with van der Waals surface area (Å²) in [5.74, 6) is 0.789. The van der Waals surface area contributed by atoms with Crippen molar-refractivity contribution in [3.05, 3.63) is 69.7 Å². The molecule has 2 aromatic carbocycles. The smallest absolute Gasteiger partial charge is 0.243 e. The van der Waals surface area contributed by atoms with Crippen LogP contribution >= 0.6 is 35.0 Å². The molecule has 2 aromatic rings. The number of hydrogen-bond acceptors (Lipinski definition) is 3. The molecular formula is C24H30Cl2N2O2S. The predicted octanol–water partition coefficient (Wildman–Crippen LogP) is 5.95. The predicted molar refractivity (Wildman–Crippen MR) is 132 cm³/mol. The molecule has 0 saturated heterocycles. The number of thioether (sulfide) groups is 1. The minimum atomic E-state index is -0.524. The lowest BCUT2D eigenvalue weighted by Crippen LogP contribution is -2.51. The summed E-state index contributed by atoms with van der Waals surface area (Å²) in [6.07, 6.45) is 1.38. The minimum absolute atomic E-state index is 0.0613. The van der Waals surface area contributed by atoms with Crippen molar-refractivity contribution in [2.45, 2.75) is 58.0 Å². The summed E-state index contributed by atoms with van der Waals surface area (Å²) < 4.78 is 0. The summed E-state index contributed by atoms with van der Waals surface area (Å²) in [6.45, 7) is 6.29. The summed E-state index contributed by atoms with van der Waals surface area (Å²) in [5, 5.41) is 4.34. The topological polar surface area (TPSA) is 49.4 Å². The van der Waals surface area contributed by atoms with Gasteiger partial charge in [0.05, 0.1) is 5.75 Å². The van der Waals surface area contributed by atoms with E-state index in [2.05, 4.69) is 5.32 Å². The van der Waals surface area contributed by atoms with Crippen LogP contribution in [-0.4, -0.2) is 34.6 Å². The number of nitrogens with one attached hydrogen (secondary N) is 1. The van der Waals surface area contributed by atoms with E-state index in [1.807, 2.05) is 57.2 Å². The van der Waals surface area contributed by atoms with Gasteiger partial charge in [-0.25, -0.2) is 0 Å². The Morgan fingerprint density at radius 1 is 1.00 bits per heavy atom. The van der Waals surface area contributed by atoms with Crippen LogP contribution in [0.2, 0.25) is 10.0 Å². The molecular weight excluding hydrogens is 451 g/mol. The fourth-order valence-corrected chi connectivity index (χ4v) is 4.31. The number of amides is 2. The molecule has 0 heterocycles. The van der Waals surface area contributed by atoms with Crippen molar-refractivity contribution in [1.29, 1.82) is 0 Å². The van der Waals surface area contributed by atoms with Crippen LogP contribution in [0.25, 0.3) is 0 Å². The molecule has 0 unspecified atom stereocenters. The Morgan fingerprint density at radius 2 is 1.71 bits per heavy atom. The Kier molecular flexibility index (Phi) is 10.7. The van der Waals surface area contributed by atoms with Crippen molar-refractivity contribution in [1.82, 2.24) is 10.2 Å². The van der Waals surface area contributed by atoms with Gasteiger partial charge in [-0.2, -0.15) is 0 Å². The lowest BCUT2D eigenvalue weighted by Gasteiger charge is -2.31. The van der Waals surface area contributed by atoms with Gasteiger partial charge < -0.3 is 10.2 Å². The first-order valence-corrected chi connectivity index (χ1v) is 12.4. The lowest BCUT2D eigenvalue weighted by atomic mass is 10.1. The van der Waals surface area contributed by atoms with Gasteiger partial charge in [-0.1, -0.05) is 61.3 Å². The molecule has 2 amide bonds. The van der Waals surface area contributed by atoms with E-state index in [9.17, 15) is 9.59 Å². The number of rotatable bonds is 11. The van der Waals surface area contributed by atoms with E-state index >= 15 is 0 Å². The van der Waals surface area contributed by atoms with Crippen LogP contribution in [0.4, 0.5) is 0 Å². The van der Waals surface area contributed by atoms with Gasteiger partial charge in [-0.15, -0.1) is 11.8 Å². The molecule has 7 heteroatoms. The monoisotopic (exact) mass is 480 g/mol. The third-order valence-electron chi connectivity index (χ3n) is 5.04. The maximum atomic E-state index is 13.2. The Labute approximate surface area is 199 Å². The van der Waals surface area contributed by atoms with Crippen LogP contribution in [0.5, 0.6) is 0 Å². The van der Waals surface area contributed by atoms with Gasteiger partial charge in [0.2, 0.25) is 11.8 Å².